The number of anilines is 2. The Kier molecular flexibility index (Phi) is 5.75. The molecular formula is C17H20N4O2. The first kappa shape index (κ1) is 16.6. The molecule has 1 fully saturated rings. The smallest absolute Gasteiger partial charge is 0.263 e. The minimum Gasteiger partial charge on any atom is -0.360 e. The van der Waals surface area contributed by atoms with Crippen molar-refractivity contribution in [1.29, 1.82) is 5.26 Å². The average molecular weight is 312 g/mol. The minimum absolute atomic E-state index is 0.0443. The van der Waals surface area contributed by atoms with Crippen LogP contribution < -0.4 is 16.0 Å². The molecule has 0 aromatic heterocycles. The van der Waals surface area contributed by atoms with Crippen molar-refractivity contribution in [2.24, 2.45) is 0 Å². The molecule has 0 radical (unpaired) electrons. The Morgan fingerprint density at radius 1 is 1.17 bits per heavy atom. The van der Waals surface area contributed by atoms with E-state index in [2.05, 4.69) is 16.0 Å². The second kappa shape index (κ2) is 7.99. The van der Waals surface area contributed by atoms with Crippen molar-refractivity contribution in [3.05, 3.63) is 36.0 Å². The molecule has 1 aromatic rings. The largest absolute Gasteiger partial charge is 0.360 e. The molecule has 6 nitrogen and oxygen atoms in total. The van der Waals surface area contributed by atoms with Crippen molar-refractivity contribution in [2.75, 3.05) is 10.6 Å². The third kappa shape index (κ3) is 5.15. The zero-order valence-corrected chi connectivity index (χ0v) is 13.1. The fraction of sp³-hybridized carbons (Fsp3) is 0.353. The second-order valence-corrected chi connectivity index (χ2v) is 5.53. The molecule has 3 N–H and O–H groups in total. The first-order chi connectivity index (χ1) is 11.1. The summed E-state index contributed by atoms with van der Waals surface area (Å²) in [6.07, 6.45) is 5.59. The Morgan fingerprint density at radius 3 is 2.35 bits per heavy atom. The minimum atomic E-state index is -0.346. The molecule has 0 aliphatic heterocycles. The summed E-state index contributed by atoms with van der Waals surface area (Å²) in [6.45, 7) is 1.44. The fourth-order valence-corrected chi connectivity index (χ4v) is 2.49. The van der Waals surface area contributed by atoms with E-state index in [1.165, 1.54) is 13.1 Å². The number of rotatable bonds is 5. The summed E-state index contributed by atoms with van der Waals surface area (Å²) in [6, 6.07) is 9.08. The lowest BCUT2D eigenvalue weighted by Gasteiger charge is -2.11. The molecule has 2 rings (SSSR count). The van der Waals surface area contributed by atoms with Gasteiger partial charge in [0.05, 0.1) is 0 Å². The number of nitriles is 1. The highest BCUT2D eigenvalue weighted by Gasteiger charge is 2.19. The number of nitrogens with zero attached hydrogens (tertiary/aromatic N) is 1. The van der Waals surface area contributed by atoms with Crippen molar-refractivity contribution in [3.8, 4) is 6.07 Å². The molecular weight excluding hydrogens is 292 g/mol. The standard InChI is InChI=1S/C17H20N4O2/c1-12(22)20-16-8-6-14(7-9-16)19-11-13(10-18)17(23)21-15-4-2-3-5-15/h6-9,11,15,19H,2-5H2,1H3,(H,20,22)(H,21,23)/b13-11-. The number of amides is 2. The van der Waals surface area contributed by atoms with E-state index < -0.39 is 0 Å². The first-order valence-corrected chi connectivity index (χ1v) is 7.64. The van der Waals surface area contributed by atoms with Crippen molar-refractivity contribution < 1.29 is 9.59 Å². The predicted octanol–water partition coefficient (Wildman–Crippen LogP) is 2.52. The summed E-state index contributed by atoms with van der Waals surface area (Å²) in [7, 11) is 0. The lowest BCUT2D eigenvalue weighted by Crippen LogP contribution is -2.33. The molecule has 1 aliphatic rings. The molecule has 0 unspecified atom stereocenters. The van der Waals surface area contributed by atoms with Gasteiger partial charge in [-0.1, -0.05) is 12.8 Å². The van der Waals surface area contributed by atoms with Crippen molar-refractivity contribution >= 4 is 23.2 Å². The lowest BCUT2D eigenvalue weighted by molar-refractivity contribution is -0.117. The van der Waals surface area contributed by atoms with E-state index in [0.717, 1.165) is 31.4 Å². The second-order valence-electron chi connectivity index (χ2n) is 5.53. The number of hydrogen-bond acceptors (Lipinski definition) is 4. The maximum atomic E-state index is 12.0. The van der Waals surface area contributed by atoms with Crippen LogP contribution in [-0.2, 0) is 9.59 Å². The Morgan fingerprint density at radius 2 is 1.78 bits per heavy atom. The van der Waals surface area contributed by atoms with E-state index in [4.69, 9.17) is 5.26 Å². The first-order valence-electron chi connectivity index (χ1n) is 7.64. The van der Waals surface area contributed by atoms with Gasteiger partial charge in [0.1, 0.15) is 11.6 Å². The third-order valence-corrected chi connectivity index (χ3v) is 3.64. The number of carbonyl (C=O) groups is 2. The van der Waals surface area contributed by atoms with Gasteiger partial charge < -0.3 is 16.0 Å². The monoisotopic (exact) mass is 312 g/mol. The van der Waals surface area contributed by atoms with Gasteiger partial charge in [-0.05, 0) is 37.1 Å². The van der Waals surface area contributed by atoms with E-state index in [-0.39, 0.29) is 23.4 Å². The number of benzene rings is 1. The van der Waals surface area contributed by atoms with Crippen molar-refractivity contribution in [2.45, 2.75) is 38.6 Å². The Labute approximate surface area is 135 Å². The van der Waals surface area contributed by atoms with Gasteiger partial charge in [0.25, 0.3) is 5.91 Å². The van der Waals surface area contributed by atoms with E-state index in [1.807, 2.05) is 6.07 Å². The van der Waals surface area contributed by atoms with E-state index in [1.54, 1.807) is 24.3 Å². The Balaban J connectivity index is 1.94. The lowest BCUT2D eigenvalue weighted by atomic mass is 10.2. The molecule has 6 heteroatoms. The SMILES string of the molecule is CC(=O)Nc1ccc(N/C=C(/C#N)C(=O)NC2CCCC2)cc1. The summed E-state index contributed by atoms with van der Waals surface area (Å²) in [5, 5.41) is 17.6. The summed E-state index contributed by atoms with van der Waals surface area (Å²) in [5.41, 5.74) is 1.45. The average Bonchev–Trinajstić information content (AvgIpc) is 3.02. The molecule has 0 saturated heterocycles. The Bertz CT molecular complexity index is 638. The van der Waals surface area contributed by atoms with Crippen molar-refractivity contribution in [1.82, 2.24) is 5.32 Å². The van der Waals surface area contributed by atoms with E-state index in [0.29, 0.717) is 5.69 Å². The molecule has 0 bridgehead atoms. The molecule has 2 amide bonds. The van der Waals surface area contributed by atoms with Gasteiger partial charge >= 0.3 is 0 Å². The molecule has 120 valence electrons. The third-order valence-electron chi connectivity index (χ3n) is 3.64. The van der Waals surface area contributed by atoms with E-state index in [9.17, 15) is 9.59 Å². The molecule has 1 aliphatic carbocycles. The van der Waals surface area contributed by atoms with Gasteiger partial charge in [0, 0.05) is 30.5 Å². The highest BCUT2D eigenvalue weighted by Crippen LogP contribution is 2.18. The van der Waals surface area contributed by atoms with Crippen LogP contribution in [0.4, 0.5) is 11.4 Å². The highest BCUT2D eigenvalue weighted by atomic mass is 16.2. The molecule has 1 saturated carbocycles. The van der Waals surface area contributed by atoms with Crippen LogP contribution in [0.25, 0.3) is 0 Å². The molecule has 23 heavy (non-hydrogen) atoms. The van der Waals surface area contributed by atoms with Gasteiger partial charge in [-0.3, -0.25) is 9.59 Å². The summed E-state index contributed by atoms with van der Waals surface area (Å²) < 4.78 is 0. The van der Waals surface area contributed by atoms with Crippen LogP contribution in [0, 0.1) is 11.3 Å². The zero-order chi connectivity index (χ0) is 16.7. The predicted molar refractivity (Wildman–Crippen MR) is 88.5 cm³/mol. The molecule has 0 spiro atoms. The number of carbonyl (C=O) groups excluding carboxylic acids is 2. The zero-order valence-electron chi connectivity index (χ0n) is 13.1. The van der Waals surface area contributed by atoms with Crippen molar-refractivity contribution in [3.63, 3.8) is 0 Å². The normalized spacial score (nSPS) is 14.9. The van der Waals surface area contributed by atoms with Gasteiger partial charge in [-0.15, -0.1) is 0 Å². The quantitative estimate of drug-likeness (QED) is 0.575. The summed E-state index contributed by atoms with van der Waals surface area (Å²) in [5.74, 6) is -0.484. The van der Waals surface area contributed by atoms with Crippen LogP contribution in [0.1, 0.15) is 32.6 Å². The van der Waals surface area contributed by atoms with Crippen LogP contribution in [0.5, 0.6) is 0 Å². The van der Waals surface area contributed by atoms with E-state index >= 15 is 0 Å². The molecule has 1 aromatic carbocycles. The molecule has 0 atom stereocenters. The maximum absolute atomic E-state index is 12.0. The van der Waals surface area contributed by atoms with Crippen LogP contribution in [0.15, 0.2) is 36.0 Å². The molecule has 0 heterocycles. The fourth-order valence-electron chi connectivity index (χ4n) is 2.49. The van der Waals surface area contributed by atoms with Gasteiger partial charge in [-0.25, -0.2) is 0 Å². The highest BCUT2D eigenvalue weighted by molar-refractivity contribution is 5.97. The van der Waals surface area contributed by atoms with Crippen LogP contribution in [0.2, 0.25) is 0 Å². The van der Waals surface area contributed by atoms with Gasteiger partial charge in [0.15, 0.2) is 0 Å². The summed E-state index contributed by atoms with van der Waals surface area (Å²) >= 11 is 0. The number of nitrogens with one attached hydrogen (secondary N) is 3. The van der Waals surface area contributed by atoms with Crippen LogP contribution in [0.3, 0.4) is 0 Å². The summed E-state index contributed by atoms with van der Waals surface area (Å²) in [4.78, 5) is 23.0. The Hall–Kier alpha value is -2.81. The van der Waals surface area contributed by atoms with Gasteiger partial charge in [-0.2, -0.15) is 5.26 Å². The topological polar surface area (TPSA) is 94.0 Å². The van der Waals surface area contributed by atoms with Crippen LogP contribution >= 0.6 is 0 Å². The number of hydrogen-bond donors (Lipinski definition) is 3. The maximum Gasteiger partial charge on any atom is 0.263 e. The van der Waals surface area contributed by atoms with Crippen LogP contribution in [-0.4, -0.2) is 17.9 Å². The van der Waals surface area contributed by atoms with Gasteiger partial charge in [0.2, 0.25) is 5.91 Å².